The predicted octanol–water partition coefficient (Wildman–Crippen LogP) is 2.59. The van der Waals surface area contributed by atoms with Gasteiger partial charge in [-0.05, 0) is 64.2 Å². The number of nitrogens with one attached hydrogen (secondary N) is 2. The number of amides is 3. The Morgan fingerprint density at radius 1 is 1.13 bits per heavy atom. The second kappa shape index (κ2) is 12.0. The largest absolute Gasteiger partial charge is 0.508 e. The van der Waals surface area contributed by atoms with Crippen LogP contribution in [0.5, 0.6) is 5.75 Å². The lowest BCUT2D eigenvalue weighted by molar-refractivity contribution is -0.147. The zero-order valence-corrected chi connectivity index (χ0v) is 22.6. The summed E-state index contributed by atoms with van der Waals surface area (Å²) in [6, 6.07) is 11.7. The van der Waals surface area contributed by atoms with Crippen LogP contribution >= 0.6 is 0 Å². The van der Waals surface area contributed by atoms with Crippen molar-refractivity contribution in [1.29, 1.82) is 0 Å². The number of phenols is 1. The third-order valence-electron chi connectivity index (χ3n) is 7.46. The van der Waals surface area contributed by atoms with Gasteiger partial charge in [-0.1, -0.05) is 48.6 Å². The second-order valence-corrected chi connectivity index (χ2v) is 10.7. The monoisotopic (exact) mass is 535 g/mol. The normalized spacial score (nSPS) is 21.7. The Morgan fingerprint density at radius 3 is 2.56 bits per heavy atom. The number of aliphatic hydroxyl groups excluding tert-OH is 1. The van der Waals surface area contributed by atoms with Gasteiger partial charge in [0.1, 0.15) is 18.5 Å². The van der Waals surface area contributed by atoms with Crippen LogP contribution in [0.2, 0.25) is 0 Å². The Kier molecular flexibility index (Phi) is 8.72. The van der Waals surface area contributed by atoms with Crippen molar-refractivity contribution in [3.05, 3.63) is 77.4 Å². The van der Waals surface area contributed by atoms with E-state index in [-0.39, 0.29) is 36.4 Å². The number of nitrogens with zero attached hydrogens (tertiary/aromatic N) is 1. The van der Waals surface area contributed by atoms with Crippen molar-refractivity contribution >= 4 is 17.7 Å². The molecular weight excluding hydrogens is 498 g/mol. The quantitative estimate of drug-likeness (QED) is 0.385. The molecule has 1 fully saturated rings. The lowest BCUT2D eigenvalue weighted by atomic mass is 9.94. The molecule has 9 nitrogen and oxygen atoms in total. The second-order valence-electron chi connectivity index (χ2n) is 10.7. The van der Waals surface area contributed by atoms with Gasteiger partial charge < -0.3 is 30.5 Å². The maximum absolute atomic E-state index is 13.7. The molecule has 4 unspecified atom stereocenters. The average Bonchev–Trinajstić information content (AvgIpc) is 3.25. The number of ether oxygens (including phenoxy) is 1. The first-order valence-corrected chi connectivity index (χ1v) is 13.3. The summed E-state index contributed by atoms with van der Waals surface area (Å²) in [6.45, 7) is 4.93. The molecule has 4 N–H and O–H groups in total. The Labute approximate surface area is 228 Å². The number of aromatic hydroxyl groups is 1. The number of carbonyl (C=O) groups is 3. The molecule has 1 heterocycles. The molecule has 1 aliphatic heterocycles. The number of rotatable bonds is 8. The standard InChI is InChI=1S/C30H37N3O6/c1-19-22(15-10-16-24(19)34)27(36)32-23(17-20-11-6-4-7-12-20)25(35)29(38)33-18-39-30(2,3)26(33)28(37)31-21-13-8-5-9-14-21/h4,6-8,10-13,15-16,21,23,25-26,34-35H,5,9,14,17-18H2,1-3H3,(H,31,37)(H,32,36). The SMILES string of the molecule is Cc1c(O)cccc1C(=O)NC(Cc1ccccc1)C(O)C(=O)N1COC(C)(C)C1C(=O)NC1C=CCCC1. The molecule has 4 rings (SSSR count). The van der Waals surface area contributed by atoms with E-state index in [4.69, 9.17) is 4.74 Å². The van der Waals surface area contributed by atoms with Crippen LogP contribution in [0.25, 0.3) is 0 Å². The smallest absolute Gasteiger partial charge is 0.256 e. The first-order chi connectivity index (χ1) is 18.6. The summed E-state index contributed by atoms with van der Waals surface area (Å²) in [5.41, 5.74) is 0.446. The van der Waals surface area contributed by atoms with Crippen LogP contribution in [0.15, 0.2) is 60.7 Å². The molecule has 2 aromatic rings. The highest BCUT2D eigenvalue weighted by atomic mass is 16.5. The maximum atomic E-state index is 13.7. The maximum Gasteiger partial charge on any atom is 0.256 e. The highest BCUT2D eigenvalue weighted by Gasteiger charge is 2.50. The molecule has 0 radical (unpaired) electrons. The van der Waals surface area contributed by atoms with Crippen molar-refractivity contribution in [3.63, 3.8) is 0 Å². The van der Waals surface area contributed by atoms with Crippen LogP contribution in [0.3, 0.4) is 0 Å². The first kappa shape index (κ1) is 28.3. The van der Waals surface area contributed by atoms with Crippen LogP contribution in [-0.2, 0) is 20.7 Å². The molecule has 1 saturated heterocycles. The number of benzene rings is 2. The number of hydrogen-bond acceptors (Lipinski definition) is 6. The summed E-state index contributed by atoms with van der Waals surface area (Å²) < 4.78 is 5.82. The highest BCUT2D eigenvalue weighted by molar-refractivity contribution is 5.97. The van der Waals surface area contributed by atoms with E-state index >= 15 is 0 Å². The predicted molar refractivity (Wildman–Crippen MR) is 146 cm³/mol. The van der Waals surface area contributed by atoms with Gasteiger partial charge in [0.25, 0.3) is 11.8 Å². The fourth-order valence-corrected chi connectivity index (χ4v) is 5.17. The van der Waals surface area contributed by atoms with Gasteiger partial charge in [0.05, 0.1) is 11.6 Å². The van der Waals surface area contributed by atoms with Gasteiger partial charge >= 0.3 is 0 Å². The van der Waals surface area contributed by atoms with E-state index in [9.17, 15) is 24.6 Å². The average molecular weight is 536 g/mol. The van der Waals surface area contributed by atoms with Gasteiger partial charge in [-0.15, -0.1) is 0 Å². The van der Waals surface area contributed by atoms with Crippen molar-refractivity contribution in [2.45, 2.75) is 76.3 Å². The van der Waals surface area contributed by atoms with Gasteiger partial charge in [0.15, 0.2) is 6.10 Å². The summed E-state index contributed by atoms with van der Waals surface area (Å²) in [5, 5.41) is 27.2. The topological polar surface area (TPSA) is 128 Å². The zero-order chi connectivity index (χ0) is 28.2. The number of allylic oxidation sites excluding steroid dienone is 1. The number of phenolic OH excluding ortho intramolecular Hbond substituents is 1. The van der Waals surface area contributed by atoms with E-state index < -0.39 is 35.6 Å². The van der Waals surface area contributed by atoms with Crippen LogP contribution in [0, 0.1) is 6.92 Å². The lowest BCUT2D eigenvalue weighted by Crippen LogP contribution is -2.59. The Bertz CT molecular complexity index is 1230. The van der Waals surface area contributed by atoms with E-state index in [1.165, 1.54) is 11.0 Å². The van der Waals surface area contributed by atoms with Crippen LogP contribution in [-0.4, -0.2) is 69.4 Å². The van der Waals surface area contributed by atoms with E-state index in [1.54, 1.807) is 32.9 Å². The minimum atomic E-state index is -1.66. The van der Waals surface area contributed by atoms with Crippen LogP contribution in [0.1, 0.15) is 54.6 Å². The summed E-state index contributed by atoms with van der Waals surface area (Å²) in [4.78, 5) is 41.5. The first-order valence-electron chi connectivity index (χ1n) is 13.3. The molecule has 4 atom stereocenters. The summed E-state index contributed by atoms with van der Waals surface area (Å²) in [7, 11) is 0. The summed E-state index contributed by atoms with van der Waals surface area (Å²) >= 11 is 0. The molecule has 3 amide bonds. The third kappa shape index (κ3) is 6.49. The van der Waals surface area contributed by atoms with E-state index in [0.717, 1.165) is 24.8 Å². The Morgan fingerprint density at radius 2 is 1.87 bits per heavy atom. The zero-order valence-electron chi connectivity index (χ0n) is 22.6. The van der Waals surface area contributed by atoms with Gasteiger partial charge in [-0.3, -0.25) is 14.4 Å². The van der Waals surface area contributed by atoms with Crippen LogP contribution in [0.4, 0.5) is 0 Å². The summed E-state index contributed by atoms with van der Waals surface area (Å²) in [6.07, 6.45) is 5.24. The van der Waals surface area contributed by atoms with Gasteiger partial charge in [0, 0.05) is 17.2 Å². The Balaban J connectivity index is 1.57. The Hall–Kier alpha value is -3.69. The molecule has 9 heteroatoms. The minimum absolute atomic E-state index is 0.0306. The van der Waals surface area contributed by atoms with Crippen LogP contribution < -0.4 is 10.6 Å². The van der Waals surface area contributed by atoms with Crippen molar-refractivity contribution in [2.24, 2.45) is 0 Å². The third-order valence-corrected chi connectivity index (χ3v) is 7.46. The van der Waals surface area contributed by atoms with E-state index in [1.807, 2.05) is 42.5 Å². The van der Waals surface area contributed by atoms with Gasteiger partial charge in [-0.2, -0.15) is 0 Å². The van der Waals surface area contributed by atoms with Gasteiger partial charge in [-0.25, -0.2) is 0 Å². The molecule has 0 bridgehead atoms. The van der Waals surface area contributed by atoms with Crippen molar-refractivity contribution in [1.82, 2.24) is 15.5 Å². The van der Waals surface area contributed by atoms with E-state index in [2.05, 4.69) is 10.6 Å². The fourth-order valence-electron chi connectivity index (χ4n) is 5.17. The molecular formula is C30H37N3O6. The molecule has 39 heavy (non-hydrogen) atoms. The fraction of sp³-hybridized carbons (Fsp3) is 0.433. The number of carbonyl (C=O) groups excluding carboxylic acids is 3. The minimum Gasteiger partial charge on any atom is -0.508 e. The number of hydrogen-bond donors (Lipinski definition) is 4. The van der Waals surface area contributed by atoms with Crippen molar-refractivity contribution in [2.75, 3.05) is 6.73 Å². The molecule has 0 saturated carbocycles. The molecule has 0 spiro atoms. The molecule has 2 aromatic carbocycles. The molecule has 2 aliphatic rings. The molecule has 1 aliphatic carbocycles. The highest BCUT2D eigenvalue weighted by Crippen LogP contribution is 2.30. The van der Waals surface area contributed by atoms with Gasteiger partial charge in [0.2, 0.25) is 5.91 Å². The molecule has 0 aromatic heterocycles. The number of aliphatic hydroxyl groups is 1. The lowest BCUT2D eigenvalue weighted by Gasteiger charge is -2.33. The summed E-state index contributed by atoms with van der Waals surface area (Å²) in [5.74, 6) is -1.63. The van der Waals surface area contributed by atoms with Crippen molar-refractivity contribution in [3.8, 4) is 5.75 Å². The van der Waals surface area contributed by atoms with E-state index in [0.29, 0.717) is 5.56 Å². The molecule has 208 valence electrons. The van der Waals surface area contributed by atoms with Crippen molar-refractivity contribution < 1.29 is 29.3 Å².